The minimum atomic E-state index is -1.03. The maximum Gasteiger partial charge on any atom is 0.0636 e. The molecule has 0 atom stereocenters. The quantitative estimate of drug-likeness (QED) is 0.135. The van der Waals surface area contributed by atoms with Crippen molar-refractivity contribution in [2.24, 2.45) is 0 Å². The molecule has 0 heteroatoms. The van der Waals surface area contributed by atoms with E-state index < -0.39 is 267 Å². The number of fused-ring (bicyclic) bond motifs is 9. The SMILES string of the molecule is [2H]c1c(-c2c([2H])c3c([2H])c4c([2H])c([2H])c([2H])c([2H])c4c([2H])c3c3c([2H])c([2H])c([2H])c([2H])c23)c([2H])c2c([2H])c(-c3c4c([2H])c([2H])c([2H])c([2H])c4c([2H])c4c3c([2H])c([2H])c3c([2H])c([2H])c([2H])c([2H])c34)c([2H])c([2H])c2c1[2H]. The summed E-state index contributed by atoms with van der Waals surface area (Å²) in [4.78, 5) is 0. The van der Waals surface area contributed by atoms with Gasteiger partial charge in [0, 0.05) is 0 Å². The molecule has 0 nitrogen and oxygen atoms in total. The lowest BCUT2D eigenvalue weighted by atomic mass is 9.88. The third-order valence-corrected chi connectivity index (χ3v) is 7.69. The Balaban J connectivity index is 1.50. The van der Waals surface area contributed by atoms with Gasteiger partial charge in [-0.15, -0.1) is 0 Å². The van der Waals surface area contributed by atoms with Gasteiger partial charge in [0.2, 0.25) is 0 Å². The van der Waals surface area contributed by atoms with Crippen LogP contribution < -0.4 is 0 Å². The van der Waals surface area contributed by atoms with Crippen LogP contribution in [0.15, 0.2) is 169 Å². The Morgan fingerprint density at radius 2 is 0.848 bits per heavy atom. The second kappa shape index (κ2) is 9.76. The van der Waals surface area contributed by atoms with E-state index in [9.17, 15) is 16.4 Å². The first-order valence-corrected chi connectivity index (χ1v) is 13.8. The highest BCUT2D eigenvalue weighted by Gasteiger charge is 2.14. The molecule has 10 aromatic carbocycles. The van der Waals surface area contributed by atoms with Crippen LogP contribution in [0, 0.1) is 0 Å². The Kier molecular flexibility index (Phi) is 2.18. The van der Waals surface area contributed by atoms with E-state index in [1.165, 1.54) is 0 Å². The summed E-state index contributed by atoms with van der Waals surface area (Å²) in [6, 6.07) is -24.9. The van der Waals surface area contributed by atoms with Crippen molar-refractivity contribution in [3.8, 4) is 22.3 Å². The number of hydrogen-bond acceptors (Lipinski definition) is 0. The molecule has 46 heavy (non-hydrogen) atoms. The highest BCUT2D eigenvalue weighted by Crippen LogP contribution is 2.42. The topological polar surface area (TPSA) is 0 Å². The van der Waals surface area contributed by atoms with Gasteiger partial charge in [-0.2, -0.15) is 0 Å². The molecule has 0 aliphatic heterocycles. The lowest BCUT2D eigenvalue weighted by Crippen LogP contribution is -1.88. The van der Waals surface area contributed by atoms with E-state index in [2.05, 4.69) is 0 Å². The molecule has 0 saturated heterocycles. The van der Waals surface area contributed by atoms with E-state index in [-0.39, 0.29) is 0 Å². The molecule has 0 aliphatic rings. The molecular weight excluding hydrogens is 553 g/mol. The summed E-state index contributed by atoms with van der Waals surface area (Å²) >= 11 is 0. The van der Waals surface area contributed by atoms with Gasteiger partial charge in [-0.05, 0) is 134 Å². The maximum absolute atomic E-state index is 9.92. The van der Waals surface area contributed by atoms with Crippen LogP contribution in [0.3, 0.4) is 0 Å². The Morgan fingerprint density at radius 1 is 0.261 bits per heavy atom. The molecule has 0 radical (unpaired) electrons. The molecule has 0 fully saturated rings. The predicted molar refractivity (Wildman–Crippen MR) is 200 cm³/mol. The first-order chi connectivity index (χ1) is 34.5. The molecule has 212 valence electrons. The van der Waals surface area contributed by atoms with Gasteiger partial charge >= 0.3 is 0 Å². The summed E-state index contributed by atoms with van der Waals surface area (Å²) in [6.07, 6.45) is 0. The zero-order valence-electron chi connectivity index (χ0n) is 51.0. The maximum atomic E-state index is 9.92. The molecule has 0 N–H and O–H groups in total. The molecule has 10 aromatic rings. The van der Waals surface area contributed by atoms with Crippen molar-refractivity contribution in [1.82, 2.24) is 0 Å². The lowest BCUT2D eigenvalue weighted by molar-refractivity contribution is 1.69. The van der Waals surface area contributed by atoms with Gasteiger partial charge < -0.3 is 0 Å². The van der Waals surface area contributed by atoms with Crippen molar-refractivity contribution in [1.29, 1.82) is 0 Å². The Labute approximate surface area is 306 Å². The van der Waals surface area contributed by atoms with Gasteiger partial charge in [-0.1, -0.05) is 133 Å². The average Bonchev–Trinajstić information content (AvgIpc) is 3.36. The largest absolute Gasteiger partial charge is 0.0636 e. The van der Waals surface area contributed by atoms with Crippen LogP contribution in [0.2, 0.25) is 0 Å². The van der Waals surface area contributed by atoms with Crippen molar-refractivity contribution in [2.75, 3.05) is 0 Å². The molecule has 0 aliphatic carbocycles. The third kappa shape index (κ3) is 3.81. The molecule has 0 spiro atoms. The van der Waals surface area contributed by atoms with Crippen molar-refractivity contribution < 1.29 is 38.4 Å². The fraction of sp³-hybridized carbons (Fsp3) is 0. The molecular formula is C46H28. The zero-order valence-corrected chi connectivity index (χ0v) is 23.0. The summed E-state index contributed by atoms with van der Waals surface area (Å²) in [5.41, 5.74) is -3.10. The number of hydrogen-bond donors (Lipinski definition) is 0. The van der Waals surface area contributed by atoms with E-state index in [0.29, 0.717) is 0 Å². The van der Waals surface area contributed by atoms with E-state index in [1.807, 2.05) is 0 Å². The fourth-order valence-corrected chi connectivity index (χ4v) is 5.66. The van der Waals surface area contributed by atoms with E-state index >= 15 is 0 Å². The monoisotopic (exact) mass is 608 g/mol. The van der Waals surface area contributed by atoms with Gasteiger partial charge in [-0.25, -0.2) is 0 Å². The fourth-order valence-electron chi connectivity index (χ4n) is 5.66. The predicted octanol–water partition coefficient (Wildman–Crippen LogP) is 13.1. The third-order valence-electron chi connectivity index (χ3n) is 7.69. The summed E-state index contributed by atoms with van der Waals surface area (Å²) in [5.74, 6) is 0. The van der Waals surface area contributed by atoms with Crippen molar-refractivity contribution >= 4 is 75.4 Å². The van der Waals surface area contributed by atoms with Gasteiger partial charge in [0.25, 0.3) is 0 Å². The molecule has 0 unspecified atom stereocenters. The standard InChI is InChI=1S/C46H28/c1-2-11-32-26-44-37(23-31(32)10-1)28-43(40-15-7-8-16-41(40)44)34-19-17-29-18-20-35(25-36(29)24-34)46-39-14-6-4-12-33(39)27-45-38-13-5-3-9-30(38)21-22-42(45)46/h1-28H/i1D,2D,3D,4D,5D,6D,7D,8D,9D,10D,11D,12D,13D,14D,15D,16D,17D,18D,19D,20D,21D,22D,23D,24D,25D,26D,27D,28D. The minimum absolute atomic E-state index is 0.526. The van der Waals surface area contributed by atoms with Gasteiger partial charge in [0.1, 0.15) is 0 Å². The van der Waals surface area contributed by atoms with Crippen molar-refractivity contribution in [2.45, 2.75) is 0 Å². The summed E-state index contributed by atoms with van der Waals surface area (Å²) in [7, 11) is 0. The molecule has 10 rings (SSSR count). The van der Waals surface area contributed by atoms with Crippen LogP contribution >= 0.6 is 0 Å². The van der Waals surface area contributed by atoms with Crippen LogP contribution in [-0.2, 0) is 0 Å². The second-order valence-electron chi connectivity index (χ2n) is 10.2. The van der Waals surface area contributed by atoms with Crippen LogP contribution in [0.25, 0.3) is 97.7 Å². The van der Waals surface area contributed by atoms with Crippen molar-refractivity contribution in [3.05, 3.63) is 169 Å². The number of rotatable bonds is 2. The molecule has 0 aromatic heterocycles. The summed E-state index contributed by atoms with van der Waals surface area (Å²) in [6.45, 7) is 0. The zero-order chi connectivity index (χ0) is 54.6. The van der Waals surface area contributed by atoms with Gasteiger partial charge in [0.15, 0.2) is 0 Å². The van der Waals surface area contributed by atoms with Crippen LogP contribution in [0.4, 0.5) is 0 Å². The highest BCUT2D eigenvalue weighted by atomic mass is 14.2. The van der Waals surface area contributed by atoms with E-state index in [4.69, 9.17) is 21.9 Å². The average molecular weight is 609 g/mol. The smallest absolute Gasteiger partial charge is 0.0616 e. The second-order valence-corrected chi connectivity index (χ2v) is 10.2. The summed E-state index contributed by atoms with van der Waals surface area (Å²) in [5, 5.41) is -8.64. The van der Waals surface area contributed by atoms with Crippen LogP contribution in [0.1, 0.15) is 38.4 Å². The van der Waals surface area contributed by atoms with Crippen molar-refractivity contribution in [3.63, 3.8) is 0 Å². The normalized spacial score (nSPS) is 20.4. The first-order valence-electron chi connectivity index (χ1n) is 27.8. The molecule has 0 saturated carbocycles. The lowest BCUT2D eigenvalue weighted by Gasteiger charge is -2.15. The highest BCUT2D eigenvalue weighted by molar-refractivity contribution is 6.21. The Hall–Kier alpha value is -5.98. The molecule has 0 bridgehead atoms. The van der Waals surface area contributed by atoms with E-state index in [0.717, 1.165) is 0 Å². The Morgan fingerprint density at radius 3 is 1.67 bits per heavy atom. The molecule has 0 amide bonds. The van der Waals surface area contributed by atoms with Crippen LogP contribution in [0.5, 0.6) is 0 Å². The van der Waals surface area contributed by atoms with Crippen LogP contribution in [-0.4, -0.2) is 0 Å². The van der Waals surface area contributed by atoms with Gasteiger partial charge in [0.05, 0.1) is 38.4 Å². The Bertz CT molecular complexity index is 4450. The first kappa shape index (κ1) is 10.3. The molecule has 0 heterocycles. The minimum Gasteiger partial charge on any atom is -0.0616 e. The van der Waals surface area contributed by atoms with Gasteiger partial charge in [-0.3, -0.25) is 0 Å². The summed E-state index contributed by atoms with van der Waals surface area (Å²) < 4.78 is 253. The number of benzene rings is 10. The van der Waals surface area contributed by atoms with E-state index in [1.54, 1.807) is 0 Å².